The van der Waals surface area contributed by atoms with Crippen LogP contribution in [0.1, 0.15) is 11.6 Å². The van der Waals surface area contributed by atoms with E-state index in [2.05, 4.69) is 4.98 Å². The highest BCUT2D eigenvalue weighted by atomic mass is 32.1. The van der Waals surface area contributed by atoms with Crippen LogP contribution in [0, 0.1) is 0 Å². The number of aliphatic hydroxyl groups excluding tert-OH is 1. The van der Waals surface area contributed by atoms with Crippen molar-refractivity contribution in [3.05, 3.63) is 64.0 Å². The molecule has 96 valence electrons. The van der Waals surface area contributed by atoms with Crippen LogP contribution in [0.25, 0.3) is 10.2 Å². The van der Waals surface area contributed by atoms with Gasteiger partial charge in [0, 0.05) is 0 Å². The zero-order valence-electron chi connectivity index (χ0n) is 10.1. The summed E-state index contributed by atoms with van der Waals surface area (Å²) in [5.41, 5.74) is 0.776. The number of fused-ring (bicyclic) bond motifs is 1. The summed E-state index contributed by atoms with van der Waals surface area (Å²) in [4.78, 5) is 17.4. The van der Waals surface area contributed by atoms with Gasteiger partial charge in [0.2, 0.25) is 0 Å². The van der Waals surface area contributed by atoms with Gasteiger partial charge in [-0.15, -0.1) is 11.3 Å². The third-order valence-electron chi connectivity index (χ3n) is 3.10. The standard InChI is InChI=1S/C14H12N2O2S/c17-8-12(10-4-2-1-3-5-10)16-9-15-13-11(14(16)18)6-7-19-13/h1-7,9,12,17H,8H2. The quantitative estimate of drug-likeness (QED) is 0.794. The van der Waals surface area contributed by atoms with Crippen LogP contribution >= 0.6 is 11.3 Å². The summed E-state index contributed by atoms with van der Waals surface area (Å²) in [6.07, 6.45) is 1.51. The van der Waals surface area contributed by atoms with Crippen molar-refractivity contribution in [1.82, 2.24) is 9.55 Å². The second kappa shape index (κ2) is 4.95. The van der Waals surface area contributed by atoms with Gasteiger partial charge < -0.3 is 5.11 Å². The van der Waals surface area contributed by atoms with E-state index in [0.29, 0.717) is 5.39 Å². The summed E-state index contributed by atoms with van der Waals surface area (Å²) in [5, 5.41) is 12.0. The van der Waals surface area contributed by atoms with Crippen LogP contribution in [0.5, 0.6) is 0 Å². The molecule has 0 aliphatic heterocycles. The third kappa shape index (κ3) is 2.07. The van der Waals surface area contributed by atoms with Gasteiger partial charge in [-0.25, -0.2) is 4.98 Å². The summed E-state index contributed by atoms with van der Waals surface area (Å²) >= 11 is 1.44. The first kappa shape index (κ1) is 12.1. The van der Waals surface area contributed by atoms with E-state index in [-0.39, 0.29) is 12.2 Å². The van der Waals surface area contributed by atoms with E-state index in [1.165, 1.54) is 22.2 Å². The lowest BCUT2D eigenvalue weighted by Gasteiger charge is -2.17. The molecule has 19 heavy (non-hydrogen) atoms. The first-order valence-corrected chi connectivity index (χ1v) is 6.79. The van der Waals surface area contributed by atoms with Crippen LogP contribution in [0.2, 0.25) is 0 Å². The summed E-state index contributed by atoms with van der Waals surface area (Å²) in [6.45, 7) is -0.138. The van der Waals surface area contributed by atoms with Gasteiger partial charge >= 0.3 is 0 Å². The van der Waals surface area contributed by atoms with Crippen molar-refractivity contribution in [3.8, 4) is 0 Å². The highest BCUT2D eigenvalue weighted by Crippen LogP contribution is 2.18. The van der Waals surface area contributed by atoms with Gasteiger partial charge in [-0.2, -0.15) is 0 Å². The molecule has 0 fully saturated rings. The van der Waals surface area contributed by atoms with Crippen LogP contribution in [0.3, 0.4) is 0 Å². The maximum atomic E-state index is 12.4. The Morgan fingerprint density at radius 3 is 2.79 bits per heavy atom. The molecule has 4 nitrogen and oxygen atoms in total. The highest BCUT2D eigenvalue weighted by molar-refractivity contribution is 7.16. The number of thiophene rings is 1. The van der Waals surface area contributed by atoms with E-state index >= 15 is 0 Å². The SMILES string of the molecule is O=c1c2ccsc2ncn1C(CO)c1ccccc1. The molecule has 3 aromatic rings. The Labute approximate surface area is 113 Å². The van der Waals surface area contributed by atoms with Crippen LogP contribution in [-0.4, -0.2) is 21.3 Å². The third-order valence-corrected chi connectivity index (χ3v) is 3.92. The number of benzene rings is 1. The minimum atomic E-state index is -0.398. The molecule has 0 aliphatic rings. The summed E-state index contributed by atoms with van der Waals surface area (Å²) < 4.78 is 1.49. The van der Waals surface area contributed by atoms with E-state index in [1.54, 1.807) is 6.07 Å². The van der Waals surface area contributed by atoms with Crippen molar-refractivity contribution >= 4 is 21.6 Å². The normalized spacial score (nSPS) is 12.7. The largest absolute Gasteiger partial charge is 0.394 e. The van der Waals surface area contributed by atoms with Gasteiger partial charge in [-0.05, 0) is 17.0 Å². The number of rotatable bonds is 3. The molecule has 0 amide bonds. The van der Waals surface area contributed by atoms with E-state index in [1.807, 2.05) is 35.7 Å². The topological polar surface area (TPSA) is 55.1 Å². The molecule has 0 saturated heterocycles. The van der Waals surface area contributed by atoms with Gasteiger partial charge in [-0.1, -0.05) is 30.3 Å². The van der Waals surface area contributed by atoms with E-state index < -0.39 is 6.04 Å². The molecule has 5 heteroatoms. The second-order valence-corrected chi connectivity index (χ2v) is 5.10. The molecule has 3 rings (SSSR count). The Hall–Kier alpha value is -1.98. The lowest BCUT2D eigenvalue weighted by molar-refractivity contribution is 0.246. The smallest absolute Gasteiger partial charge is 0.262 e. The Morgan fingerprint density at radius 1 is 1.26 bits per heavy atom. The van der Waals surface area contributed by atoms with Crippen molar-refractivity contribution < 1.29 is 5.11 Å². The van der Waals surface area contributed by atoms with Gasteiger partial charge in [0.15, 0.2) is 0 Å². The highest BCUT2D eigenvalue weighted by Gasteiger charge is 2.15. The van der Waals surface area contributed by atoms with Gasteiger partial charge in [0.05, 0.1) is 24.4 Å². The minimum Gasteiger partial charge on any atom is -0.394 e. The summed E-state index contributed by atoms with van der Waals surface area (Å²) in [7, 11) is 0. The number of hydrogen-bond acceptors (Lipinski definition) is 4. The van der Waals surface area contributed by atoms with E-state index in [0.717, 1.165) is 10.4 Å². The van der Waals surface area contributed by atoms with E-state index in [4.69, 9.17) is 0 Å². The molecule has 0 spiro atoms. The second-order valence-electron chi connectivity index (χ2n) is 4.21. The number of aliphatic hydroxyl groups is 1. The molecular formula is C14H12N2O2S. The van der Waals surface area contributed by atoms with Crippen molar-refractivity contribution in [2.24, 2.45) is 0 Å². The number of nitrogens with zero attached hydrogens (tertiary/aromatic N) is 2. The fraction of sp³-hybridized carbons (Fsp3) is 0.143. The molecule has 0 radical (unpaired) electrons. The van der Waals surface area contributed by atoms with Crippen LogP contribution in [0.15, 0.2) is 52.9 Å². The molecule has 0 saturated carbocycles. The van der Waals surface area contributed by atoms with Gasteiger partial charge in [-0.3, -0.25) is 9.36 Å². The first-order chi connectivity index (χ1) is 9.31. The Balaban J connectivity index is 2.17. The van der Waals surface area contributed by atoms with Crippen molar-refractivity contribution in [2.45, 2.75) is 6.04 Å². The van der Waals surface area contributed by atoms with Crippen molar-refractivity contribution in [1.29, 1.82) is 0 Å². The van der Waals surface area contributed by atoms with Crippen LogP contribution in [-0.2, 0) is 0 Å². The molecule has 1 aromatic carbocycles. The maximum absolute atomic E-state index is 12.4. The van der Waals surface area contributed by atoms with Crippen molar-refractivity contribution in [2.75, 3.05) is 6.61 Å². The fourth-order valence-corrected chi connectivity index (χ4v) is 2.84. The monoisotopic (exact) mass is 272 g/mol. The molecule has 2 heterocycles. The zero-order valence-corrected chi connectivity index (χ0v) is 10.9. The minimum absolute atomic E-state index is 0.117. The van der Waals surface area contributed by atoms with Gasteiger partial charge in [0.25, 0.3) is 5.56 Å². The average Bonchev–Trinajstić information content (AvgIpc) is 2.93. The molecule has 1 N–H and O–H groups in total. The van der Waals surface area contributed by atoms with Crippen LogP contribution in [0.4, 0.5) is 0 Å². The van der Waals surface area contributed by atoms with E-state index in [9.17, 15) is 9.90 Å². The molecule has 2 aromatic heterocycles. The summed E-state index contributed by atoms with van der Waals surface area (Å²) in [6, 6.07) is 10.8. The predicted molar refractivity (Wildman–Crippen MR) is 75.5 cm³/mol. The first-order valence-electron chi connectivity index (χ1n) is 5.91. The Kier molecular flexibility index (Phi) is 3.15. The lowest BCUT2D eigenvalue weighted by Crippen LogP contribution is -2.27. The molecule has 1 unspecified atom stereocenters. The molecule has 0 bridgehead atoms. The number of aromatic nitrogens is 2. The Bertz CT molecular complexity index is 749. The van der Waals surface area contributed by atoms with Crippen molar-refractivity contribution in [3.63, 3.8) is 0 Å². The number of hydrogen-bond donors (Lipinski definition) is 1. The van der Waals surface area contributed by atoms with Gasteiger partial charge in [0.1, 0.15) is 4.83 Å². The Morgan fingerprint density at radius 2 is 2.05 bits per heavy atom. The fourth-order valence-electron chi connectivity index (χ4n) is 2.12. The molecular weight excluding hydrogens is 260 g/mol. The molecule has 1 atom stereocenters. The lowest BCUT2D eigenvalue weighted by atomic mass is 10.1. The predicted octanol–water partition coefficient (Wildman–Crippen LogP) is 2.04. The average molecular weight is 272 g/mol. The van der Waals surface area contributed by atoms with Crippen LogP contribution < -0.4 is 5.56 Å². The maximum Gasteiger partial charge on any atom is 0.262 e. The summed E-state index contributed by atoms with van der Waals surface area (Å²) in [5.74, 6) is 0. The molecule has 0 aliphatic carbocycles. The zero-order chi connectivity index (χ0) is 13.2.